The second-order valence-corrected chi connectivity index (χ2v) is 7.85. The molecule has 0 bridgehead atoms. The molecule has 32 heavy (non-hydrogen) atoms. The topological polar surface area (TPSA) is 120 Å². The minimum atomic E-state index is -0.810. The second kappa shape index (κ2) is 10.3. The van der Waals surface area contributed by atoms with Crippen molar-refractivity contribution in [3.8, 4) is 0 Å². The van der Waals surface area contributed by atoms with E-state index < -0.39 is 18.0 Å². The molecule has 0 saturated carbocycles. The van der Waals surface area contributed by atoms with Gasteiger partial charge in [0, 0.05) is 50.7 Å². The van der Waals surface area contributed by atoms with Crippen LogP contribution >= 0.6 is 0 Å². The molecule has 0 spiro atoms. The normalized spacial score (nSPS) is 16.5. The Kier molecular flexibility index (Phi) is 7.55. The van der Waals surface area contributed by atoms with Crippen LogP contribution in [-0.4, -0.2) is 81.1 Å². The van der Waals surface area contributed by atoms with Crippen molar-refractivity contribution in [1.82, 2.24) is 19.6 Å². The van der Waals surface area contributed by atoms with E-state index in [1.165, 1.54) is 15.9 Å². The maximum Gasteiger partial charge on any atom is 0.376 e. The standard InChI is InChI=1S/C21H26BN5O5/c1-22(30)25-10-11-26(20(28)12-16-6-5-9-23-13-16)19(15-25)21(29)24(2)14-17-7-3-4-8-18(17)27(31)32/h3-9,13,19,30H,10-12,14-15H2,1-2H3. The average molecular weight is 439 g/mol. The largest absolute Gasteiger partial charge is 0.437 e. The highest BCUT2D eigenvalue weighted by atomic mass is 16.6. The van der Waals surface area contributed by atoms with Crippen LogP contribution in [0.15, 0.2) is 48.8 Å². The molecular formula is C21H26BN5O5. The number of hydrogen-bond acceptors (Lipinski definition) is 7. The number of pyridine rings is 1. The van der Waals surface area contributed by atoms with Gasteiger partial charge in [-0.1, -0.05) is 24.3 Å². The first kappa shape index (κ1) is 23.4. The molecule has 10 nitrogen and oxygen atoms in total. The number of likely N-dealkylation sites (N-methyl/N-ethyl adjacent to an activating group) is 1. The Hall–Kier alpha value is -3.31. The Bertz CT molecular complexity index is 974. The number of aromatic nitrogens is 1. The van der Waals surface area contributed by atoms with Crippen molar-refractivity contribution in [1.29, 1.82) is 0 Å². The predicted octanol–water partition coefficient (Wildman–Crippen LogP) is 0.814. The summed E-state index contributed by atoms with van der Waals surface area (Å²) in [5, 5.41) is 21.3. The summed E-state index contributed by atoms with van der Waals surface area (Å²) in [5.41, 5.74) is 1.09. The Labute approximate surface area is 186 Å². The molecule has 11 heteroatoms. The van der Waals surface area contributed by atoms with E-state index in [1.807, 2.05) is 0 Å². The molecule has 1 aliphatic rings. The lowest BCUT2D eigenvalue weighted by Crippen LogP contribution is -2.63. The molecule has 1 fully saturated rings. The van der Waals surface area contributed by atoms with Crippen LogP contribution in [0.25, 0.3) is 0 Å². The molecule has 1 unspecified atom stereocenters. The molecule has 0 aliphatic carbocycles. The molecule has 1 atom stereocenters. The van der Waals surface area contributed by atoms with Gasteiger partial charge in [0.1, 0.15) is 6.04 Å². The summed E-state index contributed by atoms with van der Waals surface area (Å²) in [6.45, 7) is 2.56. The molecule has 3 rings (SSSR count). The molecule has 1 aromatic carbocycles. The molecule has 1 aromatic heterocycles. The van der Waals surface area contributed by atoms with Gasteiger partial charge in [-0.25, -0.2) is 0 Å². The van der Waals surface area contributed by atoms with Gasteiger partial charge in [-0.3, -0.25) is 24.7 Å². The lowest BCUT2D eigenvalue weighted by Gasteiger charge is -2.42. The van der Waals surface area contributed by atoms with Crippen molar-refractivity contribution in [2.45, 2.75) is 25.8 Å². The summed E-state index contributed by atoms with van der Waals surface area (Å²) in [6, 6.07) is 8.99. The quantitative estimate of drug-likeness (QED) is 0.385. The molecule has 2 aromatic rings. The zero-order chi connectivity index (χ0) is 23.3. The van der Waals surface area contributed by atoms with E-state index in [4.69, 9.17) is 0 Å². The monoisotopic (exact) mass is 439 g/mol. The zero-order valence-electron chi connectivity index (χ0n) is 18.1. The van der Waals surface area contributed by atoms with Crippen LogP contribution in [0.2, 0.25) is 6.82 Å². The summed E-state index contributed by atoms with van der Waals surface area (Å²) in [5.74, 6) is -0.547. The number of hydrogen-bond donors (Lipinski definition) is 1. The van der Waals surface area contributed by atoms with Crippen LogP contribution in [-0.2, 0) is 22.6 Å². The minimum absolute atomic E-state index is 0.0335. The predicted molar refractivity (Wildman–Crippen MR) is 118 cm³/mol. The summed E-state index contributed by atoms with van der Waals surface area (Å²) in [6.07, 6.45) is 3.35. The maximum absolute atomic E-state index is 13.4. The van der Waals surface area contributed by atoms with Crippen molar-refractivity contribution < 1.29 is 19.5 Å². The van der Waals surface area contributed by atoms with Gasteiger partial charge in [-0.2, -0.15) is 0 Å². The fourth-order valence-corrected chi connectivity index (χ4v) is 3.84. The number of amides is 2. The maximum atomic E-state index is 13.4. The van der Waals surface area contributed by atoms with E-state index in [2.05, 4.69) is 4.98 Å². The van der Waals surface area contributed by atoms with Gasteiger partial charge < -0.3 is 19.6 Å². The number of nitro benzene ring substituents is 1. The number of nitrogens with zero attached hydrogens (tertiary/aromatic N) is 5. The van der Waals surface area contributed by atoms with Crippen molar-refractivity contribution in [2.75, 3.05) is 26.7 Å². The van der Waals surface area contributed by atoms with Gasteiger partial charge >= 0.3 is 7.05 Å². The summed E-state index contributed by atoms with van der Waals surface area (Å²) < 4.78 is 0. The van der Waals surface area contributed by atoms with Gasteiger partial charge in [-0.05, 0) is 18.5 Å². The van der Waals surface area contributed by atoms with Crippen molar-refractivity contribution in [3.63, 3.8) is 0 Å². The lowest BCUT2D eigenvalue weighted by atomic mass is 9.83. The van der Waals surface area contributed by atoms with Gasteiger partial charge in [0.05, 0.1) is 17.9 Å². The summed E-state index contributed by atoms with van der Waals surface area (Å²) >= 11 is 0. The summed E-state index contributed by atoms with van der Waals surface area (Å²) in [7, 11) is 0.797. The number of para-hydroxylation sites is 1. The number of benzene rings is 1. The van der Waals surface area contributed by atoms with Crippen LogP contribution in [0.3, 0.4) is 0 Å². The summed E-state index contributed by atoms with van der Waals surface area (Å²) in [4.78, 5) is 45.9. The SMILES string of the molecule is CB(O)N1CCN(C(=O)Cc2cccnc2)C(C(=O)N(C)Cc2ccccc2[N+](=O)[O-])C1. The minimum Gasteiger partial charge on any atom is -0.437 e. The van der Waals surface area contributed by atoms with Gasteiger partial charge in [0.25, 0.3) is 5.69 Å². The van der Waals surface area contributed by atoms with Crippen molar-refractivity contribution >= 4 is 24.6 Å². The molecule has 2 amide bonds. The average Bonchev–Trinajstić information content (AvgIpc) is 2.78. The van der Waals surface area contributed by atoms with E-state index in [9.17, 15) is 24.7 Å². The first-order valence-corrected chi connectivity index (χ1v) is 10.4. The van der Waals surface area contributed by atoms with Gasteiger partial charge in [-0.15, -0.1) is 0 Å². The number of rotatable bonds is 7. The first-order valence-electron chi connectivity index (χ1n) is 10.4. The van der Waals surface area contributed by atoms with Crippen LogP contribution in [0.4, 0.5) is 5.69 Å². The van der Waals surface area contributed by atoms with Gasteiger partial charge in [0.15, 0.2) is 0 Å². The molecule has 1 saturated heterocycles. The molecule has 1 N–H and O–H groups in total. The third kappa shape index (κ3) is 5.48. The second-order valence-electron chi connectivity index (χ2n) is 7.85. The van der Waals surface area contributed by atoms with Crippen LogP contribution in [0.5, 0.6) is 0 Å². The van der Waals surface area contributed by atoms with Crippen LogP contribution < -0.4 is 0 Å². The molecule has 1 aliphatic heterocycles. The number of piperazine rings is 1. The smallest absolute Gasteiger partial charge is 0.376 e. The molecular weight excluding hydrogens is 413 g/mol. The zero-order valence-corrected chi connectivity index (χ0v) is 18.1. The van der Waals surface area contributed by atoms with E-state index in [1.54, 1.807) is 61.4 Å². The van der Waals surface area contributed by atoms with E-state index >= 15 is 0 Å². The van der Waals surface area contributed by atoms with Crippen molar-refractivity contribution in [3.05, 3.63) is 70.0 Å². The highest BCUT2D eigenvalue weighted by molar-refractivity contribution is 6.45. The fraction of sp³-hybridized carbons (Fsp3) is 0.381. The first-order chi connectivity index (χ1) is 15.3. The molecule has 2 heterocycles. The van der Waals surface area contributed by atoms with Crippen LogP contribution in [0.1, 0.15) is 11.1 Å². The highest BCUT2D eigenvalue weighted by Gasteiger charge is 2.38. The Balaban J connectivity index is 1.79. The molecule has 0 radical (unpaired) electrons. The number of carbonyl (C=O) groups excluding carboxylic acids is 2. The molecule has 168 valence electrons. The Morgan fingerprint density at radius 3 is 2.69 bits per heavy atom. The van der Waals surface area contributed by atoms with Gasteiger partial charge in [0.2, 0.25) is 11.8 Å². The van der Waals surface area contributed by atoms with E-state index in [0.29, 0.717) is 18.7 Å². The fourth-order valence-electron chi connectivity index (χ4n) is 3.84. The Morgan fingerprint density at radius 1 is 1.28 bits per heavy atom. The van der Waals surface area contributed by atoms with E-state index in [-0.39, 0.29) is 37.0 Å². The number of nitro groups is 1. The Morgan fingerprint density at radius 2 is 2.03 bits per heavy atom. The van der Waals surface area contributed by atoms with Crippen LogP contribution in [0, 0.1) is 10.1 Å². The van der Waals surface area contributed by atoms with Crippen molar-refractivity contribution in [2.24, 2.45) is 0 Å². The third-order valence-electron chi connectivity index (χ3n) is 5.60. The number of carbonyl (C=O) groups is 2. The lowest BCUT2D eigenvalue weighted by molar-refractivity contribution is -0.385. The highest BCUT2D eigenvalue weighted by Crippen LogP contribution is 2.21. The third-order valence-corrected chi connectivity index (χ3v) is 5.60. The van der Waals surface area contributed by atoms with E-state index in [0.717, 1.165) is 5.56 Å².